The summed E-state index contributed by atoms with van der Waals surface area (Å²) >= 11 is 0. The molecule has 2 rings (SSSR count). The van der Waals surface area contributed by atoms with Gasteiger partial charge in [-0.15, -0.1) is 0 Å². The molecule has 5 atom stereocenters. The zero-order chi connectivity index (χ0) is 15.2. The van der Waals surface area contributed by atoms with Gasteiger partial charge in [0.1, 0.15) is 12.2 Å². The fraction of sp³-hybridized carbons (Fsp3) is 0.625. The molecule has 5 unspecified atom stereocenters. The van der Waals surface area contributed by atoms with Gasteiger partial charge in [-0.1, -0.05) is 30.3 Å². The van der Waals surface area contributed by atoms with Crippen LogP contribution in [0.3, 0.4) is 0 Å². The summed E-state index contributed by atoms with van der Waals surface area (Å²) in [6, 6.07) is 9.85. The standard InChI is InChI=1S/C16H24O5/c1-11-8-14(21-15(9-17)12(2)18)16(20-11)19-10-13-6-4-3-5-7-13/h3-7,11-12,14-18H,8-10H2,1-2H3. The zero-order valence-corrected chi connectivity index (χ0v) is 12.5. The van der Waals surface area contributed by atoms with Gasteiger partial charge >= 0.3 is 0 Å². The molecule has 21 heavy (non-hydrogen) atoms. The summed E-state index contributed by atoms with van der Waals surface area (Å²) < 4.78 is 17.2. The van der Waals surface area contributed by atoms with Gasteiger partial charge in [-0.25, -0.2) is 0 Å². The van der Waals surface area contributed by atoms with E-state index in [1.54, 1.807) is 6.92 Å². The van der Waals surface area contributed by atoms with E-state index in [1.807, 2.05) is 37.3 Å². The van der Waals surface area contributed by atoms with E-state index in [-0.39, 0.29) is 18.8 Å². The van der Waals surface area contributed by atoms with Gasteiger partial charge in [0, 0.05) is 6.42 Å². The van der Waals surface area contributed by atoms with Crippen LogP contribution in [0.25, 0.3) is 0 Å². The highest BCUT2D eigenvalue weighted by molar-refractivity contribution is 5.13. The molecule has 1 aromatic rings. The van der Waals surface area contributed by atoms with E-state index in [0.29, 0.717) is 13.0 Å². The molecule has 0 bridgehead atoms. The molecule has 2 N–H and O–H groups in total. The molecule has 0 aliphatic carbocycles. The quantitative estimate of drug-likeness (QED) is 0.797. The minimum atomic E-state index is -0.735. The maximum Gasteiger partial charge on any atom is 0.184 e. The van der Waals surface area contributed by atoms with Crippen LogP contribution in [0, 0.1) is 0 Å². The molecule has 0 spiro atoms. The lowest BCUT2D eigenvalue weighted by molar-refractivity contribution is -0.201. The van der Waals surface area contributed by atoms with Crippen LogP contribution >= 0.6 is 0 Å². The van der Waals surface area contributed by atoms with Gasteiger partial charge in [-0.05, 0) is 19.4 Å². The summed E-state index contributed by atoms with van der Waals surface area (Å²) in [5.74, 6) is 0. The highest BCUT2D eigenvalue weighted by Crippen LogP contribution is 2.26. The van der Waals surface area contributed by atoms with E-state index in [9.17, 15) is 10.2 Å². The number of rotatable bonds is 7. The van der Waals surface area contributed by atoms with Crippen molar-refractivity contribution in [2.45, 2.75) is 57.6 Å². The van der Waals surface area contributed by atoms with Gasteiger partial charge in [0.05, 0.1) is 25.4 Å². The predicted molar refractivity (Wildman–Crippen MR) is 77.6 cm³/mol. The van der Waals surface area contributed by atoms with E-state index in [4.69, 9.17) is 14.2 Å². The van der Waals surface area contributed by atoms with Crippen LogP contribution in [0.5, 0.6) is 0 Å². The molecular weight excluding hydrogens is 272 g/mol. The molecule has 118 valence electrons. The number of benzene rings is 1. The second-order valence-electron chi connectivity index (χ2n) is 5.48. The van der Waals surface area contributed by atoms with Crippen LogP contribution in [0.1, 0.15) is 25.8 Å². The molecule has 1 aliphatic rings. The van der Waals surface area contributed by atoms with Gasteiger partial charge in [0.15, 0.2) is 6.29 Å². The second-order valence-corrected chi connectivity index (χ2v) is 5.48. The fourth-order valence-corrected chi connectivity index (χ4v) is 2.36. The summed E-state index contributed by atoms with van der Waals surface area (Å²) in [6.45, 7) is 3.77. The molecule has 1 fully saturated rings. The number of aliphatic hydroxyl groups is 2. The first-order valence-corrected chi connectivity index (χ1v) is 7.35. The number of aliphatic hydroxyl groups excluding tert-OH is 2. The van der Waals surface area contributed by atoms with Crippen molar-refractivity contribution in [1.82, 2.24) is 0 Å². The Morgan fingerprint density at radius 1 is 1.33 bits per heavy atom. The monoisotopic (exact) mass is 296 g/mol. The van der Waals surface area contributed by atoms with Crippen molar-refractivity contribution >= 4 is 0 Å². The minimum absolute atomic E-state index is 0.0316. The van der Waals surface area contributed by atoms with E-state index >= 15 is 0 Å². The second kappa shape index (κ2) is 7.87. The molecule has 1 aromatic carbocycles. The average molecular weight is 296 g/mol. The van der Waals surface area contributed by atoms with Gasteiger partial charge in [0.2, 0.25) is 0 Å². The van der Waals surface area contributed by atoms with Gasteiger partial charge < -0.3 is 24.4 Å². The lowest BCUT2D eigenvalue weighted by Crippen LogP contribution is -2.38. The van der Waals surface area contributed by atoms with Gasteiger partial charge in [-0.2, -0.15) is 0 Å². The van der Waals surface area contributed by atoms with Crippen molar-refractivity contribution in [3.05, 3.63) is 35.9 Å². The Morgan fingerprint density at radius 2 is 2.05 bits per heavy atom. The van der Waals surface area contributed by atoms with Crippen LogP contribution in [0.4, 0.5) is 0 Å². The average Bonchev–Trinajstić information content (AvgIpc) is 2.83. The van der Waals surface area contributed by atoms with Crippen molar-refractivity contribution < 1.29 is 24.4 Å². The Labute approximate surface area is 125 Å². The third kappa shape index (κ3) is 4.76. The van der Waals surface area contributed by atoms with Crippen LogP contribution in [-0.4, -0.2) is 47.5 Å². The Bertz CT molecular complexity index is 408. The third-order valence-corrected chi connectivity index (χ3v) is 3.56. The smallest absolute Gasteiger partial charge is 0.184 e. The van der Waals surface area contributed by atoms with Crippen molar-refractivity contribution in [2.75, 3.05) is 6.61 Å². The lowest BCUT2D eigenvalue weighted by Gasteiger charge is -2.25. The largest absolute Gasteiger partial charge is 0.394 e. The van der Waals surface area contributed by atoms with Crippen molar-refractivity contribution in [3.8, 4) is 0 Å². The van der Waals surface area contributed by atoms with Crippen molar-refractivity contribution in [1.29, 1.82) is 0 Å². The topological polar surface area (TPSA) is 68.2 Å². The molecule has 0 aromatic heterocycles. The zero-order valence-electron chi connectivity index (χ0n) is 12.5. The van der Waals surface area contributed by atoms with E-state index in [1.165, 1.54) is 0 Å². The highest BCUT2D eigenvalue weighted by atomic mass is 16.7. The molecule has 0 radical (unpaired) electrons. The lowest BCUT2D eigenvalue weighted by atomic mass is 10.2. The molecule has 1 saturated heterocycles. The van der Waals surface area contributed by atoms with Crippen LogP contribution in [-0.2, 0) is 20.8 Å². The molecule has 5 heteroatoms. The molecule has 1 heterocycles. The number of hydrogen-bond donors (Lipinski definition) is 2. The Balaban J connectivity index is 1.90. The van der Waals surface area contributed by atoms with Gasteiger partial charge in [0.25, 0.3) is 0 Å². The maximum atomic E-state index is 9.57. The first-order chi connectivity index (χ1) is 10.1. The van der Waals surface area contributed by atoms with E-state index in [0.717, 1.165) is 5.56 Å². The molecule has 5 nitrogen and oxygen atoms in total. The molecule has 1 aliphatic heterocycles. The number of hydrogen-bond acceptors (Lipinski definition) is 5. The summed E-state index contributed by atoms with van der Waals surface area (Å²) in [6.07, 6.45) is -1.40. The van der Waals surface area contributed by atoms with Gasteiger partial charge in [-0.3, -0.25) is 0 Å². The summed E-state index contributed by atoms with van der Waals surface area (Å²) in [5.41, 5.74) is 1.06. The Morgan fingerprint density at radius 3 is 2.67 bits per heavy atom. The summed E-state index contributed by atoms with van der Waals surface area (Å²) in [7, 11) is 0. The SMILES string of the molecule is CC1CC(OC(CO)C(C)O)C(OCc2ccccc2)O1. The third-order valence-electron chi connectivity index (χ3n) is 3.56. The Hall–Kier alpha value is -0.980. The van der Waals surface area contributed by atoms with Crippen LogP contribution in [0.2, 0.25) is 0 Å². The fourth-order valence-electron chi connectivity index (χ4n) is 2.36. The summed E-state index contributed by atoms with van der Waals surface area (Å²) in [4.78, 5) is 0. The van der Waals surface area contributed by atoms with Crippen LogP contribution < -0.4 is 0 Å². The Kier molecular flexibility index (Phi) is 6.14. The molecular formula is C16H24O5. The maximum absolute atomic E-state index is 9.57. The van der Waals surface area contributed by atoms with Crippen molar-refractivity contribution in [3.63, 3.8) is 0 Å². The number of ether oxygens (including phenoxy) is 3. The highest BCUT2D eigenvalue weighted by Gasteiger charge is 2.37. The minimum Gasteiger partial charge on any atom is -0.394 e. The molecule has 0 amide bonds. The van der Waals surface area contributed by atoms with E-state index in [2.05, 4.69) is 0 Å². The van der Waals surface area contributed by atoms with Crippen molar-refractivity contribution in [2.24, 2.45) is 0 Å². The van der Waals surface area contributed by atoms with E-state index < -0.39 is 18.5 Å². The normalized spacial score (nSPS) is 28.5. The first-order valence-electron chi connectivity index (χ1n) is 7.35. The van der Waals surface area contributed by atoms with Crippen LogP contribution in [0.15, 0.2) is 30.3 Å². The predicted octanol–water partition coefficient (Wildman–Crippen LogP) is 1.46. The molecule has 0 saturated carbocycles. The first kappa shape index (κ1) is 16.4. The summed E-state index contributed by atoms with van der Waals surface area (Å²) in [5, 5.41) is 18.8.